The van der Waals surface area contributed by atoms with Crippen molar-refractivity contribution in [2.24, 2.45) is 0 Å². The Balaban J connectivity index is 2.23. The monoisotopic (exact) mass is 279 g/mol. The van der Waals surface area contributed by atoms with Crippen molar-refractivity contribution in [3.05, 3.63) is 29.0 Å². The van der Waals surface area contributed by atoms with Gasteiger partial charge in [0.25, 0.3) is 0 Å². The number of nitrogens with zero attached hydrogens (tertiary/aromatic N) is 4. The standard InChI is InChI=1S/C11H10ClN5S/c1-2-8-14-15-11-17(8)16-10(18-11)9-6(12)4-3-5-7(9)13/h3-5H,2,13H2,1H3. The molecule has 0 fully saturated rings. The van der Waals surface area contributed by atoms with E-state index in [9.17, 15) is 0 Å². The van der Waals surface area contributed by atoms with Crippen molar-refractivity contribution in [1.29, 1.82) is 0 Å². The molecular formula is C11H10ClN5S. The molecule has 1 aromatic carbocycles. The number of nitrogens with two attached hydrogens (primary N) is 1. The Bertz CT molecular complexity index is 697. The Morgan fingerprint density at radius 3 is 2.94 bits per heavy atom. The first-order valence-electron chi connectivity index (χ1n) is 5.46. The third-order valence-corrected chi connectivity index (χ3v) is 3.86. The van der Waals surface area contributed by atoms with Crippen LogP contribution in [0.5, 0.6) is 0 Å². The third kappa shape index (κ3) is 1.65. The first-order chi connectivity index (χ1) is 8.70. The van der Waals surface area contributed by atoms with Gasteiger partial charge in [0.15, 0.2) is 10.8 Å². The van der Waals surface area contributed by atoms with Crippen LogP contribution in [0.15, 0.2) is 18.2 Å². The van der Waals surface area contributed by atoms with Gasteiger partial charge in [0.2, 0.25) is 4.96 Å². The zero-order valence-electron chi connectivity index (χ0n) is 9.59. The SMILES string of the molecule is CCc1nnc2sc(-c3c(N)cccc3Cl)nn12. The van der Waals surface area contributed by atoms with Crippen LogP contribution in [-0.2, 0) is 6.42 Å². The predicted molar refractivity (Wildman–Crippen MR) is 72.9 cm³/mol. The lowest BCUT2D eigenvalue weighted by molar-refractivity contribution is 0.838. The van der Waals surface area contributed by atoms with Crippen LogP contribution in [0.4, 0.5) is 5.69 Å². The van der Waals surface area contributed by atoms with Crippen LogP contribution < -0.4 is 5.73 Å². The summed E-state index contributed by atoms with van der Waals surface area (Å²) in [5.74, 6) is 0.832. The summed E-state index contributed by atoms with van der Waals surface area (Å²) >= 11 is 7.60. The van der Waals surface area contributed by atoms with Crippen LogP contribution in [0.25, 0.3) is 15.5 Å². The Morgan fingerprint density at radius 2 is 2.22 bits per heavy atom. The highest BCUT2D eigenvalue weighted by molar-refractivity contribution is 7.20. The quantitative estimate of drug-likeness (QED) is 0.732. The molecule has 0 saturated carbocycles. The first-order valence-corrected chi connectivity index (χ1v) is 6.65. The summed E-state index contributed by atoms with van der Waals surface area (Å²) in [6.45, 7) is 2.01. The second-order valence-corrected chi connectivity index (χ2v) is 5.14. The minimum Gasteiger partial charge on any atom is -0.398 e. The maximum atomic E-state index is 6.17. The molecule has 0 aliphatic carbocycles. The maximum Gasteiger partial charge on any atom is 0.234 e. The molecule has 18 heavy (non-hydrogen) atoms. The molecule has 0 radical (unpaired) electrons. The van der Waals surface area contributed by atoms with Gasteiger partial charge in [-0.15, -0.1) is 10.2 Å². The Kier molecular flexibility index (Phi) is 2.68. The number of halogens is 1. The maximum absolute atomic E-state index is 6.17. The summed E-state index contributed by atoms with van der Waals surface area (Å²) in [4.78, 5) is 0.751. The lowest BCUT2D eigenvalue weighted by Gasteiger charge is -2.03. The third-order valence-electron chi connectivity index (χ3n) is 2.63. The fourth-order valence-electron chi connectivity index (χ4n) is 1.75. The van der Waals surface area contributed by atoms with Crippen LogP contribution in [0.2, 0.25) is 5.02 Å². The van der Waals surface area contributed by atoms with E-state index in [1.54, 1.807) is 10.6 Å². The number of benzene rings is 1. The van der Waals surface area contributed by atoms with Crippen LogP contribution >= 0.6 is 22.9 Å². The molecule has 0 spiro atoms. The molecule has 3 rings (SSSR count). The lowest BCUT2D eigenvalue weighted by Crippen LogP contribution is -1.95. The Morgan fingerprint density at radius 1 is 1.39 bits per heavy atom. The molecule has 0 bridgehead atoms. The van der Waals surface area contributed by atoms with Gasteiger partial charge in [-0.1, -0.05) is 35.9 Å². The second kappa shape index (κ2) is 4.22. The van der Waals surface area contributed by atoms with Gasteiger partial charge < -0.3 is 5.73 Å². The number of aromatic nitrogens is 4. The molecule has 2 aromatic heterocycles. The van der Waals surface area contributed by atoms with Crippen LogP contribution in [-0.4, -0.2) is 19.8 Å². The topological polar surface area (TPSA) is 69.1 Å². The normalized spacial score (nSPS) is 11.2. The minimum absolute atomic E-state index is 0.595. The van der Waals surface area contributed by atoms with E-state index in [-0.39, 0.29) is 0 Å². The van der Waals surface area contributed by atoms with E-state index in [4.69, 9.17) is 17.3 Å². The number of aryl methyl sites for hydroxylation is 1. The molecule has 0 saturated heterocycles. The summed E-state index contributed by atoms with van der Waals surface area (Å²) in [5.41, 5.74) is 7.33. The summed E-state index contributed by atoms with van der Waals surface area (Å²) in [5, 5.41) is 14.0. The number of anilines is 1. The molecule has 92 valence electrons. The molecule has 0 atom stereocenters. The highest BCUT2D eigenvalue weighted by atomic mass is 35.5. The molecule has 0 unspecified atom stereocenters. The number of nitrogen functional groups attached to an aromatic ring is 1. The molecule has 3 aromatic rings. The Hall–Kier alpha value is -1.66. The Labute approximate surface area is 112 Å². The van der Waals surface area contributed by atoms with Gasteiger partial charge in [0.05, 0.1) is 10.6 Å². The average molecular weight is 280 g/mol. The number of hydrogen-bond acceptors (Lipinski definition) is 5. The second-order valence-electron chi connectivity index (χ2n) is 3.78. The van der Waals surface area contributed by atoms with Gasteiger partial charge in [0, 0.05) is 12.1 Å². The van der Waals surface area contributed by atoms with E-state index in [1.165, 1.54) is 11.3 Å². The van der Waals surface area contributed by atoms with Crippen molar-refractivity contribution in [2.75, 3.05) is 5.73 Å². The van der Waals surface area contributed by atoms with E-state index in [1.807, 2.05) is 19.1 Å². The minimum atomic E-state index is 0.595. The summed E-state index contributed by atoms with van der Waals surface area (Å²) < 4.78 is 1.74. The van der Waals surface area contributed by atoms with Gasteiger partial charge in [-0.05, 0) is 12.1 Å². The molecule has 0 aliphatic rings. The lowest BCUT2D eigenvalue weighted by atomic mass is 10.2. The number of fused-ring (bicyclic) bond motifs is 1. The van der Waals surface area contributed by atoms with Crippen molar-refractivity contribution >= 4 is 33.6 Å². The largest absolute Gasteiger partial charge is 0.398 e. The fourth-order valence-corrected chi connectivity index (χ4v) is 3.01. The summed E-state index contributed by atoms with van der Waals surface area (Å²) in [7, 11) is 0. The zero-order valence-corrected chi connectivity index (χ0v) is 11.2. The van der Waals surface area contributed by atoms with Crippen molar-refractivity contribution in [1.82, 2.24) is 19.8 Å². The van der Waals surface area contributed by atoms with Crippen molar-refractivity contribution in [3.63, 3.8) is 0 Å². The van der Waals surface area contributed by atoms with Gasteiger partial charge >= 0.3 is 0 Å². The van der Waals surface area contributed by atoms with Crippen LogP contribution in [0.1, 0.15) is 12.7 Å². The van der Waals surface area contributed by atoms with E-state index >= 15 is 0 Å². The van der Waals surface area contributed by atoms with E-state index in [0.717, 1.165) is 27.8 Å². The predicted octanol–water partition coefficient (Wildman–Crippen LogP) is 2.65. The van der Waals surface area contributed by atoms with Gasteiger partial charge in [-0.25, -0.2) is 0 Å². The van der Waals surface area contributed by atoms with Crippen molar-refractivity contribution < 1.29 is 0 Å². The smallest absolute Gasteiger partial charge is 0.234 e. The van der Waals surface area contributed by atoms with Gasteiger partial charge in [0.1, 0.15) is 0 Å². The molecule has 2 N–H and O–H groups in total. The zero-order chi connectivity index (χ0) is 12.7. The number of hydrogen-bond donors (Lipinski definition) is 1. The van der Waals surface area contributed by atoms with Crippen molar-refractivity contribution in [2.45, 2.75) is 13.3 Å². The van der Waals surface area contributed by atoms with E-state index < -0.39 is 0 Å². The number of rotatable bonds is 2. The van der Waals surface area contributed by atoms with Crippen molar-refractivity contribution in [3.8, 4) is 10.6 Å². The molecule has 5 nitrogen and oxygen atoms in total. The average Bonchev–Trinajstić information content (AvgIpc) is 2.88. The van der Waals surface area contributed by atoms with Gasteiger partial charge in [-0.3, -0.25) is 0 Å². The molecular weight excluding hydrogens is 270 g/mol. The van der Waals surface area contributed by atoms with Gasteiger partial charge in [-0.2, -0.15) is 9.61 Å². The summed E-state index contributed by atoms with van der Waals surface area (Å²) in [6.07, 6.45) is 0.780. The van der Waals surface area contributed by atoms with Crippen LogP contribution in [0, 0.1) is 0 Å². The molecule has 2 heterocycles. The first kappa shape index (κ1) is 11.4. The van der Waals surface area contributed by atoms with E-state index in [0.29, 0.717) is 10.7 Å². The fraction of sp³-hybridized carbons (Fsp3) is 0.182. The highest BCUT2D eigenvalue weighted by Gasteiger charge is 2.15. The molecule has 7 heteroatoms. The van der Waals surface area contributed by atoms with E-state index in [2.05, 4.69) is 15.3 Å². The molecule has 0 amide bonds. The highest BCUT2D eigenvalue weighted by Crippen LogP contribution is 2.35. The molecule has 0 aliphatic heterocycles. The van der Waals surface area contributed by atoms with Crippen LogP contribution in [0.3, 0.4) is 0 Å². The summed E-state index contributed by atoms with van der Waals surface area (Å²) in [6, 6.07) is 5.43.